The zero-order valence-electron chi connectivity index (χ0n) is 12.2. The van der Waals surface area contributed by atoms with Crippen LogP contribution in [-0.2, 0) is 14.4 Å². The molecule has 22 heavy (non-hydrogen) atoms. The second-order valence-corrected chi connectivity index (χ2v) is 7.42. The van der Waals surface area contributed by atoms with Crippen molar-refractivity contribution in [2.75, 3.05) is 0 Å². The molecule has 4 nitrogen and oxygen atoms in total. The van der Waals surface area contributed by atoms with E-state index in [1.54, 1.807) is 12.1 Å². The molecule has 0 radical (unpaired) electrons. The van der Waals surface area contributed by atoms with E-state index in [-0.39, 0.29) is 10.8 Å². The normalized spacial score (nSPS) is 12.5. The van der Waals surface area contributed by atoms with Crippen LogP contribution in [0, 0.1) is 5.92 Å². The van der Waals surface area contributed by atoms with E-state index in [0.29, 0.717) is 5.71 Å². The molecule has 6 heteroatoms. The quantitative estimate of drug-likeness (QED) is 0.575. The molecule has 0 saturated heterocycles. The minimum Gasteiger partial charge on any atom is -0.264 e. The van der Waals surface area contributed by atoms with E-state index in [4.69, 9.17) is 4.28 Å². The Labute approximate surface area is 139 Å². The van der Waals surface area contributed by atoms with Gasteiger partial charge >= 0.3 is 10.1 Å². The molecule has 0 heterocycles. The van der Waals surface area contributed by atoms with Crippen molar-refractivity contribution < 1.29 is 12.7 Å². The first-order chi connectivity index (χ1) is 10.4. The third-order valence-corrected chi connectivity index (χ3v) is 4.60. The van der Waals surface area contributed by atoms with Crippen molar-refractivity contribution in [2.45, 2.75) is 18.7 Å². The first kappa shape index (κ1) is 16.7. The van der Waals surface area contributed by atoms with E-state index in [0.717, 1.165) is 10.0 Å². The predicted octanol–water partition coefficient (Wildman–Crippen LogP) is 4.21. The summed E-state index contributed by atoms with van der Waals surface area (Å²) < 4.78 is 30.0. The van der Waals surface area contributed by atoms with E-state index in [2.05, 4.69) is 21.1 Å². The lowest BCUT2D eigenvalue weighted by Gasteiger charge is -2.10. The molecule has 0 aromatic heterocycles. The van der Waals surface area contributed by atoms with Gasteiger partial charge in [0, 0.05) is 4.47 Å². The molecule has 0 saturated carbocycles. The van der Waals surface area contributed by atoms with Crippen molar-refractivity contribution in [1.29, 1.82) is 0 Å². The second kappa shape index (κ2) is 7.07. The average Bonchev–Trinajstić information content (AvgIpc) is 2.48. The lowest BCUT2D eigenvalue weighted by Crippen LogP contribution is -2.12. The summed E-state index contributed by atoms with van der Waals surface area (Å²) in [5, 5.41) is 3.88. The highest BCUT2D eigenvalue weighted by Gasteiger charge is 2.17. The molecule has 0 bridgehead atoms. The fraction of sp³-hybridized carbons (Fsp3) is 0.188. The van der Waals surface area contributed by atoms with E-state index < -0.39 is 10.1 Å². The maximum absolute atomic E-state index is 12.2. The zero-order chi connectivity index (χ0) is 16.2. The summed E-state index contributed by atoms with van der Waals surface area (Å²) in [4.78, 5) is 0.0654. The largest absolute Gasteiger partial charge is 0.358 e. The van der Waals surface area contributed by atoms with Gasteiger partial charge < -0.3 is 0 Å². The standard InChI is InChI=1S/C16H16BrNO3S/c1-12(2)16(13-6-4-3-5-7-13)18-21-22(19,20)15-10-8-14(17)9-11-15/h3-12H,1-2H3/b18-16+. The molecule has 0 unspecified atom stereocenters. The molecule has 0 spiro atoms. The summed E-state index contributed by atoms with van der Waals surface area (Å²) in [5.74, 6) is 0.0301. The number of benzene rings is 2. The van der Waals surface area contributed by atoms with Crippen molar-refractivity contribution >= 4 is 31.8 Å². The summed E-state index contributed by atoms with van der Waals surface area (Å²) >= 11 is 3.26. The van der Waals surface area contributed by atoms with Gasteiger partial charge in [-0.1, -0.05) is 65.3 Å². The van der Waals surface area contributed by atoms with Crippen molar-refractivity contribution in [2.24, 2.45) is 11.1 Å². The average molecular weight is 382 g/mol. The lowest BCUT2D eigenvalue weighted by molar-refractivity contribution is 0.336. The van der Waals surface area contributed by atoms with Crippen LogP contribution in [0.15, 0.2) is 69.1 Å². The number of nitrogens with zero attached hydrogens (tertiary/aromatic N) is 1. The van der Waals surface area contributed by atoms with Crippen molar-refractivity contribution in [3.63, 3.8) is 0 Å². The second-order valence-electron chi connectivity index (χ2n) is 4.98. The Balaban J connectivity index is 2.29. The molecule has 0 fully saturated rings. The molecular formula is C16H16BrNO3S. The van der Waals surface area contributed by atoms with Crippen molar-refractivity contribution in [3.05, 3.63) is 64.6 Å². The lowest BCUT2D eigenvalue weighted by atomic mass is 10.0. The van der Waals surface area contributed by atoms with E-state index in [9.17, 15) is 8.42 Å². The highest BCUT2D eigenvalue weighted by Crippen LogP contribution is 2.18. The van der Waals surface area contributed by atoms with Gasteiger partial charge in [-0.2, -0.15) is 8.42 Å². The molecule has 2 aromatic carbocycles. The van der Waals surface area contributed by atoms with Gasteiger partial charge in [-0.15, -0.1) is 0 Å². The van der Waals surface area contributed by atoms with Gasteiger partial charge in [0.15, 0.2) is 0 Å². The zero-order valence-corrected chi connectivity index (χ0v) is 14.6. The molecular weight excluding hydrogens is 366 g/mol. The molecule has 0 aliphatic carbocycles. The Morgan fingerprint density at radius 1 is 1.05 bits per heavy atom. The highest BCUT2D eigenvalue weighted by atomic mass is 79.9. The van der Waals surface area contributed by atoms with Crippen LogP contribution >= 0.6 is 15.9 Å². The van der Waals surface area contributed by atoms with Crippen molar-refractivity contribution in [3.8, 4) is 0 Å². The summed E-state index contributed by atoms with van der Waals surface area (Å²) in [6.07, 6.45) is 0. The molecule has 0 atom stereocenters. The Morgan fingerprint density at radius 3 is 2.18 bits per heavy atom. The maximum atomic E-state index is 12.2. The summed E-state index contributed by atoms with van der Waals surface area (Å²) in [6, 6.07) is 15.6. The minimum atomic E-state index is -3.92. The Hall–Kier alpha value is -1.66. The number of oxime groups is 1. The first-order valence-corrected chi connectivity index (χ1v) is 8.93. The number of hydrogen-bond donors (Lipinski definition) is 0. The van der Waals surface area contributed by atoms with Crippen LogP contribution in [0.25, 0.3) is 0 Å². The SMILES string of the molecule is CC(C)/C(=N\OS(=O)(=O)c1ccc(Br)cc1)c1ccccc1. The molecule has 0 aliphatic rings. The molecule has 2 rings (SSSR count). The third-order valence-electron chi connectivity index (χ3n) is 2.95. The van der Waals surface area contributed by atoms with E-state index in [1.807, 2.05) is 44.2 Å². The van der Waals surface area contributed by atoms with Crippen LogP contribution in [0.2, 0.25) is 0 Å². The van der Waals surface area contributed by atoms with Crippen molar-refractivity contribution in [1.82, 2.24) is 0 Å². The number of hydrogen-bond acceptors (Lipinski definition) is 4. The summed E-state index contributed by atoms with van der Waals surface area (Å²) in [7, 11) is -3.92. The monoisotopic (exact) mass is 381 g/mol. The van der Waals surface area contributed by atoms with Crippen LogP contribution in [0.1, 0.15) is 19.4 Å². The topological polar surface area (TPSA) is 55.7 Å². The number of halogens is 1. The Bertz CT molecular complexity index is 754. The molecule has 116 valence electrons. The van der Waals surface area contributed by atoms with Crippen LogP contribution in [-0.4, -0.2) is 14.1 Å². The fourth-order valence-corrected chi connectivity index (χ4v) is 2.83. The highest BCUT2D eigenvalue weighted by molar-refractivity contribution is 9.10. The van der Waals surface area contributed by atoms with E-state index >= 15 is 0 Å². The van der Waals surface area contributed by atoms with Crippen LogP contribution in [0.3, 0.4) is 0 Å². The molecule has 0 N–H and O–H groups in total. The predicted molar refractivity (Wildman–Crippen MR) is 90.2 cm³/mol. The van der Waals surface area contributed by atoms with E-state index in [1.165, 1.54) is 12.1 Å². The van der Waals surface area contributed by atoms with Gasteiger partial charge in [-0.25, -0.2) is 0 Å². The molecule has 2 aromatic rings. The summed E-state index contributed by atoms with van der Waals surface area (Å²) in [5.41, 5.74) is 1.42. The van der Waals surface area contributed by atoms with Gasteiger partial charge in [0.25, 0.3) is 0 Å². The van der Waals surface area contributed by atoms with Gasteiger partial charge in [0.2, 0.25) is 0 Å². The smallest absolute Gasteiger partial charge is 0.264 e. The first-order valence-electron chi connectivity index (χ1n) is 6.72. The third kappa shape index (κ3) is 4.18. The van der Waals surface area contributed by atoms with Crippen LogP contribution in [0.5, 0.6) is 0 Å². The van der Waals surface area contributed by atoms with Gasteiger partial charge in [-0.3, -0.25) is 4.28 Å². The molecule has 0 aliphatic heterocycles. The minimum absolute atomic E-state index is 0.0301. The van der Waals surface area contributed by atoms with Crippen LogP contribution < -0.4 is 0 Å². The van der Waals surface area contributed by atoms with Gasteiger partial charge in [0.1, 0.15) is 4.90 Å². The van der Waals surface area contributed by atoms with Gasteiger partial charge in [-0.05, 0) is 35.7 Å². The Kier molecular flexibility index (Phi) is 5.37. The fourth-order valence-electron chi connectivity index (χ4n) is 1.83. The summed E-state index contributed by atoms with van der Waals surface area (Å²) in [6.45, 7) is 3.86. The Morgan fingerprint density at radius 2 is 1.64 bits per heavy atom. The number of rotatable bonds is 5. The molecule has 0 amide bonds. The maximum Gasteiger partial charge on any atom is 0.358 e. The van der Waals surface area contributed by atoms with Crippen LogP contribution in [0.4, 0.5) is 0 Å². The van der Waals surface area contributed by atoms with Gasteiger partial charge in [0.05, 0.1) is 5.71 Å².